The van der Waals surface area contributed by atoms with Crippen LogP contribution in [0.2, 0.25) is 0 Å². The predicted molar refractivity (Wildman–Crippen MR) is 57.8 cm³/mol. The number of nitrogens with one attached hydrogen (secondary N) is 1. The van der Waals surface area contributed by atoms with Gasteiger partial charge in [0, 0.05) is 19.2 Å². The fourth-order valence-corrected chi connectivity index (χ4v) is 1.64. The molecule has 5 heteroatoms. The van der Waals surface area contributed by atoms with Gasteiger partial charge in [-0.1, -0.05) is 6.07 Å². The SMILES string of the molecule is COC(=O)C1Cc2cccnc2CN1.Cl. The summed E-state index contributed by atoms with van der Waals surface area (Å²) in [4.78, 5) is 15.5. The van der Waals surface area contributed by atoms with E-state index in [4.69, 9.17) is 0 Å². The molecule has 0 fully saturated rings. The average molecular weight is 229 g/mol. The molecule has 1 atom stereocenters. The summed E-state index contributed by atoms with van der Waals surface area (Å²) in [6.07, 6.45) is 2.43. The lowest BCUT2D eigenvalue weighted by Gasteiger charge is -2.22. The van der Waals surface area contributed by atoms with Crippen molar-refractivity contribution in [3.05, 3.63) is 29.6 Å². The van der Waals surface area contributed by atoms with Gasteiger partial charge in [-0.3, -0.25) is 15.1 Å². The number of ether oxygens (including phenoxy) is 1. The molecular formula is C10H13ClN2O2. The van der Waals surface area contributed by atoms with Crippen molar-refractivity contribution < 1.29 is 9.53 Å². The van der Waals surface area contributed by atoms with E-state index in [-0.39, 0.29) is 24.4 Å². The number of fused-ring (bicyclic) bond motifs is 1. The Bertz CT molecular complexity index is 357. The van der Waals surface area contributed by atoms with Crippen molar-refractivity contribution in [2.45, 2.75) is 19.0 Å². The number of esters is 1. The van der Waals surface area contributed by atoms with E-state index >= 15 is 0 Å². The number of hydrogen-bond donors (Lipinski definition) is 1. The molecule has 15 heavy (non-hydrogen) atoms. The lowest BCUT2D eigenvalue weighted by Crippen LogP contribution is -2.42. The van der Waals surface area contributed by atoms with E-state index in [9.17, 15) is 4.79 Å². The molecule has 0 radical (unpaired) electrons. The Kier molecular flexibility index (Phi) is 4.05. The molecule has 0 aromatic carbocycles. The van der Waals surface area contributed by atoms with Gasteiger partial charge in [0.2, 0.25) is 0 Å². The fraction of sp³-hybridized carbons (Fsp3) is 0.400. The van der Waals surface area contributed by atoms with Gasteiger partial charge in [-0.25, -0.2) is 0 Å². The molecule has 1 unspecified atom stereocenters. The highest BCUT2D eigenvalue weighted by Gasteiger charge is 2.24. The van der Waals surface area contributed by atoms with Gasteiger partial charge in [-0.05, 0) is 11.6 Å². The van der Waals surface area contributed by atoms with Crippen LogP contribution in [0.5, 0.6) is 0 Å². The lowest BCUT2D eigenvalue weighted by molar-refractivity contribution is -0.143. The van der Waals surface area contributed by atoms with Gasteiger partial charge in [-0.2, -0.15) is 0 Å². The van der Waals surface area contributed by atoms with E-state index in [1.807, 2.05) is 12.1 Å². The molecule has 0 amide bonds. The van der Waals surface area contributed by atoms with Gasteiger partial charge >= 0.3 is 5.97 Å². The third kappa shape index (κ3) is 2.46. The second-order valence-corrected chi connectivity index (χ2v) is 3.27. The Morgan fingerprint density at radius 2 is 2.47 bits per heavy atom. The summed E-state index contributed by atoms with van der Waals surface area (Å²) in [5.41, 5.74) is 2.15. The first-order chi connectivity index (χ1) is 6.81. The van der Waals surface area contributed by atoms with Crippen molar-refractivity contribution in [3.8, 4) is 0 Å². The third-order valence-electron chi connectivity index (χ3n) is 2.41. The highest BCUT2D eigenvalue weighted by atomic mass is 35.5. The Hall–Kier alpha value is -1.13. The number of aromatic nitrogens is 1. The normalized spacial score (nSPS) is 18.6. The summed E-state index contributed by atoms with van der Waals surface area (Å²) in [5, 5.41) is 3.09. The number of rotatable bonds is 1. The Morgan fingerprint density at radius 1 is 1.67 bits per heavy atom. The van der Waals surface area contributed by atoms with Crippen LogP contribution < -0.4 is 5.32 Å². The maximum absolute atomic E-state index is 11.3. The molecule has 1 aliphatic rings. The summed E-state index contributed by atoms with van der Waals surface area (Å²) >= 11 is 0. The van der Waals surface area contributed by atoms with Crippen LogP contribution in [0.4, 0.5) is 0 Å². The molecule has 0 aliphatic carbocycles. The van der Waals surface area contributed by atoms with Gasteiger partial charge in [0.15, 0.2) is 0 Å². The molecule has 0 spiro atoms. The highest BCUT2D eigenvalue weighted by molar-refractivity contribution is 5.85. The zero-order valence-electron chi connectivity index (χ0n) is 8.40. The van der Waals surface area contributed by atoms with Crippen molar-refractivity contribution in [2.24, 2.45) is 0 Å². The molecule has 0 bridgehead atoms. The van der Waals surface area contributed by atoms with E-state index < -0.39 is 0 Å². The number of methoxy groups -OCH3 is 1. The first-order valence-corrected chi connectivity index (χ1v) is 4.55. The molecule has 4 nitrogen and oxygen atoms in total. The molecular weight excluding hydrogens is 216 g/mol. The van der Waals surface area contributed by atoms with Crippen LogP contribution in [0.25, 0.3) is 0 Å². The van der Waals surface area contributed by atoms with Crippen LogP contribution >= 0.6 is 12.4 Å². The van der Waals surface area contributed by atoms with Crippen LogP contribution in [0.1, 0.15) is 11.3 Å². The summed E-state index contributed by atoms with van der Waals surface area (Å²) in [7, 11) is 1.41. The molecule has 82 valence electrons. The van der Waals surface area contributed by atoms with Crippen molar-refractivity contribution in [3.63, 3.8) is 0 Å². The quantitative estimate of drug-likeness (QED) is 0.719. The largest absolute Gasteiger partial charge is 0.468 e. The number of hydrogen-bond acceptors (Lipinski definition) is 4. The van der Waals surface area contributed by atoms with E-state index in [2.05, 4.69) is 15.0 Å². The summed E-state index contributed by atoms with van der Waals surface area (Å²) < 4.78 is 4.68. The molecule has 1 aromatic rings. The fourth-order valence-electron chi connectivity index (χ4n) is 1.64. The van der Waals surface area contributed by atoms with Crippen LogP contribution in [-0.4, -0.2) is 24.1 Å². The zero-order chi connectivity index (χ0) is 9.97. The van der Waals surface area contributed by atoms with Crippen molar-refractivity contribution in [1.29, 1.82) is 0 Å². The molecule has 0 saturated carbocycles. The van der Waals surface area contributed by atoms with Gasteiger partial charge in [0.25, 0.3) is 0 Å². The standard InChI is InChI=1S/C10H12N2O2.ClH/c1-14-10(13)8-5-7-3-2-4-11-9(7)6-12-8;/h2-4,8,12H,5-6H2,1H3;1H. The van der Waals surface area contributed by atoms with Crippen molar-refractivity contribution >= 4 is 18.4 Å². The molecule has 2 rings (SSSR count). The van der Waals surface area contributed by atoms with E-state index in [0.717, 1.165) is 11.3 Å². The number of nitrogens with zero attached hydrogens (tertiary/aromatic N) is 1. The highest BCUT2D eigenvalue weighted by Crippen LogP contribution is 2.14. The summed E-state index contributed by atoms with van der Waals surface area (Å²) in [5.74, 6) is -0.209. The lowest BCUT2D eigenvalue weighted by atomic mass is 10.0. The Morgan fingerprint density at radius 3 is 3.20 bits per heavy atom. The molecule has 1 N–H and O–H groups in total. The Balaban J connectivity index is 0.00000112. The first kappa shape index (κ1) is 11.9. The number of pyridine rings is 1. The van der Waals surface area contributed by atoms with Crippen molar-refractivity contribution in [1.82, 2.24) is 10.3 Å². The minimum absolute atomic E-state index is 0. The molecule has 1 aliphatic heterocycles. The number of halogens is 1. The second kappa shape index (κ2) is 5.09. The third-order valence-corrected chi connectivity index (χ3v) is 2.41. The summed E-state index contributed by atoms with van der Waals surface area (Å²) in [6, 6.07) is 3.66. The maximum atomic E-state index is 11.3. The minimum atomic E-state index is -0.225. The van der Waals surface area contributed by atoms with Crippen LogP contribution in [-0.2, 0) is 22.5 Å². The first-order valence-electron chi connectivity index (χ1n) is 4.55. The van der Waals surface area contributed by atoms with Crippen LogP contribution in [0.3, 0.4) is 0 Å². The van der Waals surface area contributed by atoms with Crippen LogP contribution in [0.15, 0.2) is 18.3 Å². The Labute approximate surface area is 94.4 Å². The topological polar surface area (TPSA) is 51.2 Å². The molecule has 1 aromatic heterocycles. The summed E-state index contributed by atoms with van der Waals surface area (Å²) in [6.45, 7) is 0.635. The zero-order valence-corrected chi connectivity index (χ0v) is 9.21. The van der Waals surface area contributed by atoms with Gasteiger partial charge < -0.3 is 4.74 Å². The number of carbonyl (C=O) groups excluding carboxylic acids is 1. The van der Waals surface area contributed by atoms with Gasteiger partial charge in [0.05, 0.1) is 12.8 Å². The molecule has 0 saturated heterocycles. The van der Waals surface area contributed by atoms with Gasteiger partial charge in [0.1, 0.15) is 6.04 Å². The van der Waals surface area contributed by atoms with E-state index in [1.54, 1.807) is 6.20 Å². The predicted octanol–water partition coefficient (Wildman–Crippen LogP) is 0.691. The van der Waals surface area contributed by atoms with E-state index in [0.29, 0.717) is 13.0 Å². The number of carbonyl (C=O) groups is 1. The monoisotopic (exact) mass is 228 g/mol. The average Bonchev–Trinajstić information content (AvgIpc) is 2.27. The van der Waals surface area contributed by atoms with Crippen LogP contribution in [0, 0.1) is 0 Å². The maximum Gasteiger partial charge on any atom is 0.323 e. The molecule has 2 heterocycles. The second-order valence-electron chi connectivity index (χ2n) is 3.27. The minimum Gasteiger partial charge on any atom is -0.468 e. The smallest absolute Gasteiger partial charge is 0.323 e. The van der Waals surface area contributed by atoms with Crippen molar-refractivity contribution in [2.75, 3.05) is 7.11 Å². The van der Waals surface area contributed by atoms with E-state index in [1.165, 1.54) is 7.11 Å². The van der Waals surface area contributed by atoms with Gasteiger partial charge in [-0.15, -0.1) is 12.4 Å².